The van der Waals surface area contributed by atoms with E-state index in [-0.39, 0.29) is 34.9 Å². The highest BCUT2D eigenvalue weighted by molar-refractivity contribution is 9.10. The Morgan fingerprint density at radius 3 is 1.57 bits per heavy atom. The molecule has 20 heteroatoms. The van der Waals surface area contributed by atoms with E-state index in [0.717, 1.165) is 11.3 Å². The average Bonchev–Trinajstić information content (AvgIpc) is 3.91. The van der Waals surface area contributed by atoms with Crippen LogP contribution in [0.15, 0.2) is 51.9 Å². The Morgan fingerprint density at radius 2 is 1.17 bits per heavy atom. The summed E-state index contributed by atoms with van der Waals surface area (Å²) in [7, 11) is 2.97. The summed E-state index contributed by atoms with van der Waals surface area (Å²) in [5.74, 6) is -0.126. The molecule has 0 aliphatic carbocycles. The predicted octanol–water partition coefficient (Wildman–Crippen LogP) is 8.01. The second kappa shape index (κ2) is 18.8. The van der Waals surface area contributed by atoms with Crippen LogP contribution in [0.2, 0.25) is 20.1 Å². The monoisotopic (exact) mass is 944 g/mol. The fourth-order valence-electron chi connectivity index (χ4n) is 6.59. The van der Waals surface area contributed by atoms with Gasteiger partial charge in [0, 0.05) is 70.1 Å². The third kappa shape index (κ3) is 9.46. The number of halogens is 7. The quantitative estimate of drug-likeness (QED) is 0.145. The molecule has 0 N–H and O–H groups in total. The maximum atomic E-state index is 14.4. The molecule has 13 nitrogen and oxygen atoms in total. The van der Waals surface area contributed by atoms with Gasteiger partial charge in [-0.3, -0.25) is 19.0 Å². The Labute approximate surface area is 362 Å². The van der Waals surface area contributed by atoms with Crippen LogP contribution in [0, 0.1) is 25.5 Å². The summed E-state index contributed by atoms with van der Waals surface area (Å²) in [6.07, 6.45) is 3.10. The van der Waals surface area contributed by atoms with Crippen LogP contribution in [0.25, 0.3) is 11.3 Å². The van der Waals surface area contributed by atoms with E-state index in [2.05, 4.69) is 26.1 Å². The van der Waals surface area contributed by atoms with Crippen molar-refractivity contribution in [1.29, 1.82) is 0 Å². The van der Waals surface area contributed by atoms with E-state index in [0.29, 0.717) is 101 Å². The molecule has 2 aromatic carbocycles. The first-order valence-corrected chi connectivity index (χ1v) is 20.3. The van der Waals surface area contributed by atoms with E-state index >= 15 is 0 Å². The average molecular weight is 947 g/mol. The largest absolute Gasteiger partial charge is 0.495 e. The van der Waals surface area contributed by atoms with Gasteiger partial charge in [0.1, 0.15) is 46.5 Å². The van der Waals surface area contributed by atoms with E-state index in [4.69, 9.17) is 60.3 Å². The topological polar surface area (TPSA) is 114 Å². The highest BCUT2D eigenvalue weighted by Gasteiger charge is 2.27. The second-order valence-electron chi connectivity index (χ2n) is 13.4. The van der Waals surface area contributed by atoms with Gasteiger partial charge in [-0.05, 0) is 48.0 Å². The standard InChI is InChI=1S/C21H21Cl2FN4O3.C17H18BrCl2FN4O2/c1-13-20(23)21(14-3-8-31-12-14)25-28(13)11-19(29)27-6-4-26(5-7-27)17-10-18(30-2)15(22)9-16(17)24;1-10-16(20)17(18)22-25(10)9-15(26)24-5-3-23(4-6-24)13-8-14(27-2)11(19)7-12(13)21/h3,8-10,12H,4-7,11H2,1-2H3;7-8H,3-6,9H2,1-2H3. The summed E-state index contributed by atoms with van der Waals surface area (Å²) >= 11 is 27.7. The van der Waals surface area contributed by atoms with Crippen LogP contribution >= 0.6 is 62.3 Å². The number of benzene rings is 2. The molecule has 5 aromatic rings. The molecular weight excluding hydrogens is 908 g/mol. The van der Waals surface area contributed by atoms with Crippen LogP contribution in [-0.4, -0.2) is 108 Å². The number of carbonyl (C=O) groups is 2. The van der Waals surface area contributed by atoms with Crippen molar-refractivity contribution in [3.63, 3.8) is 0 Å². The van der Waals surface area contributed by atoms with Crippen molar-refractivity contribution in [2.24, 2.45) is 0 Å². The first-order chi connectivity index (χ1) is 27.7. The molecule has 0 atom stereocenters. The number of nitrogens with zero attached hydrogens (tertiary/aromatic N) is 8. The Kier molecular flexibility index (Phi) is 14.0. The van der Waals surface area contributed by atoms with Crippen molar-refractivity contribution in [3.05, 3.63) is 90.6 Å². The molecular formula is C38H39BrCl4F2N8O5. The number of amides is 2. The maximum absolute atomic E-state index is 14.4. The number of anilines is 2. The highest BCUT2D eigenvalue weighted by atomic mass is 79.9. The summed E-state index contributed by atoms with van der Waals surface area (Å²) in [6, 6.07) is 7.43. The fraction of sp³-hybridized carbons (Fsp3) is 0.368. The molecule has 0 spiro atoms. The van der Waals surface area contributed by atoms with E-state index in [1.807, 2.05) is 23.6 Å². The molecule has 2 amide bonds. The lowest BCUT2D eigenvalue weighted by Crippen LogP contribution is -2.50. The molecule has 2 saturated heterocycles. The Hall–Kier alpha value is -4.22. The third-order valence-corrected chi connectivity index (χ3v) is 12.3. The summed E-state index contributed by atoms with van der Waals surface area (Å²) in [5.41, 5.74) is 3.60. The van der Waals surface area contributed by atoms with Crippen molar-refractivity contribution >= 4 is 85.5 Å². The number of rotatable bonds is 9. The van der Waals surface area contributed by atoms with Crippen LogP contribution in [0.4, 0.5) is 20.2 Å². The maximum Gasteiger partial charge on any atom is 0.244 e. The van der Waals surface area contributed by atoms with Gasteiger partial charge >= 0.3 is 0 Å². The normalized spacial score (nSPS) is 14.4. The van der Waals surface area contributed by atoms with Gasteiger partial charge in [-0.25, -0.2) is 8.78 Å². The van der Waals surface area contributed by atoms with Gasteiger partial charge in [0.15, 0.2) is 0 Å². The fourth-order valence-corrected chi connectivity index (χ4v) is 7.90. The molecule has 2 aliphatic heterocycles. The summed E-state index contributed by atoms with van der Waals surface area (Å²) < 4.78 is 47.8. The minimum Gasteiger partial charge on any atom is -0.495 e. The summed E-state index contributed by atoms with van der Waals surface area (Å²) in [5, 5.41) is 10.1. The molecule has 2 fully saturated rings. The number of hydrogen-bond donors (Lipinski definition) is 0. The highest BCUT2D eigenvalue weighted by Crippen LogP contribution is 2.35. The zero-order chi connectivity index (χ0) is 41.8. The molecule has 58 heavy (non-hydrogen) atoms. The number of aromatic nitrogens is 4. The van der Waals surface area contributed by atoms with E-state index < -0.39 is 11.6 Å². The Balaban J connectivity index is 0.000000198. The minimum absolute atomic E-state index is 0.0569. The number of hydrogen-bond acceptors (Lipinski definition) is 9. The van der Waals surface area contributed by atoms with Crippen LogP contribution < -0.4 is 19.3 Å². The Bertz CT molecular complexity index is 2280. The van der Waals surface area contributed by atoms with Crippen LogP contribution in [0.1, 0.15) is 11.4 Å². The van der Waals surface area contributed by atoms with Crippen molar-refractivity contribution in [2.75, 3.05) is 76.4 Å². The second-order valence-corrected chi connectivity index (χ2v) is 15.7. The van der Waals surface area contributed by atoms with Crippen molar-refractivity contribution in [1.82, 2.24) is 29.4 Å². The molecule has 2 aliphatic rings. The number of ether oxygens (including phenoxy) is 2. The smallest absolute Gasteiger partial charge is 0.244 e. The van der Waals surface area contributed by atoms with Crippen molar-refractivity contribution in [2.45, 2.75) is 26.9 Å². The van der Waals surface area contributed by atoms with Gasteiger partial charge in [-0.2, -0.15) is 10.2 Å². The number of piperazine rings is 2. The van der Waals surface area contributed by atoms with Crippen LogP contribution in [-0.2, 0) is 22.7 Å². The molecule has 0 radical (unpaired) electrons. The molecule has 310 valence electrons. The third-order valence-electron chi connectivity index (χ3n) is 9.98. The molecule has 0 bridgehead atoms. The number of methoxy groups -OCH3 is 2. The Morgan fingerprint density at radius 1 is 0.724 bits per heavy atom. The van der Waals surface area contributed by atoms with Gasteiger partial charge in [0.05, 0.1) is 69.6 Å². The first-order valence-electron chi connectivity index (χ1n) is 18.0. The lowest BCUT2D eigenvalue weighted by molar-refractivity contribution is -0.133. The van der Waals surface area contributed by atoms with E-state index in [9.17, 15) is 18.4 Å². The van der Waals surface area contributed by atoms with Crippen LogP contribution in [0.5, 0.6) is 11.5 Å². The van der Waals surface area contributed by atoms with Crippen molar-refractivity contribution < 1.29 is 32.3 Å². The summed E-state index contributed by atoms with van der Waals surface area (Å²) in [4.78, 5) is 32.7. The van der Waals surface area contributed by atoms with E-state index in [1.54, 1.807) is 49.9 Å². The van der Waals surface area contributed by atoms with E-state index in [1.165, 1.54) is 26.4 Å². The molecule has 0 unspecified atom stereocenters. The molecule has 3 aromatic heterocycles. The summed E-state index contributed by atoms with van der Waals surface area (Å²) in [6.45, 7) is 7.72. The van der Waals surface area contributed by atoms with Gasteiger partial charge in [0.25, 0.3) is 0 Å². The number of furan rings is 1. The van der Waals surface area contributed by atoms with Gasteiger partial charge in [-0.1, -0.05) is 46.4 Å². The minimum atomic E-state index is -0.417. The molecule has 5 heterocycles. The lowest BCUT2D eigenvalue weighted by atomic mass is 10.2. The molecule has 7 rings (SSSR count). The van der Waals surface area contributed by atoms with Gasteiger partial charge in [0.2, 0.25) is 11.8 Å². The zero-order valence-electron chi connectivity index (χ0n) is 31.9. The predicted molar refractivity (Wildman–Crippen MR) is 223 cm³/mol. The zero-order valence-corrected chi connectivity index (χ0v) is 36.5. The number of carbonyl (C=O) groups excluding carboxylic acids is 2. The van der Waals surface area contributed by atoms with Gasteiger partial charge < -0.3 is 33.5 Å². The first kappa shape index (κ1) is 43.4. The lowest BCUT2D eigenvalue weighted by Gasteiger charge is -2.36. The van der Waals surface area contributed by atoms with Crippen LogP contribution in [0.3, 0.4) is 0 Å². The SMILES string of the molecule is COc1cc(N2CCN(C(=O)Cn3nc(-c4ccoc4)c(Cl)c3C)CC2)c(F)cc1Cl.COc1cc(N2CCN(C(=O)Cn3nc(Br)c(Cl)c3C)CC2)c(F)cc1Cl. The molecule has 0 saturated carbocycles. The van der Waals surface area contributed by atoms with Crippen molar-refractivity contribution in [3.8, 4) is 22.8 Å². The van der Waals surface area contributed by atoms with Gasteiger partial charge in [-0.15, -0.1) is 0 Å².